The second-order valence-electron chi connectivity index (χ2n) is 8.06. The molecule has 4 aliphatic rings. The summed E-state index contributed by atoms with van der Waals surface area (Å²) in [7, 11) is 0. The van der Waals surface area contributed by atoms with E-state index in [1.165, 1.54) is 38.5 Å². The number of nitrogens with zero attached hydrogens (tertiary/aromatic N) is 2. The van der Waals surface area contributed by atoms with Crippen molar-refractivity contribution in [2.45, 2.75) is 58.9 Å². The van der Waals surface area contributed by atoms with Gasteiger partial charge in [0.25, 0.3) is 5.91 Å². The Labute approximate surface area is 132 Å². The standard InChI is InChI=1S/C18H27N3O/c1-3-21-12(2)16(10-20-21)17(22)19-11-18-7-13-4-14(8-18)6-15(5-13)9-18/h10,13-15H,3-9,11H2,1-2H3,(H,19,22). The highest BCUT2D eigenvalue weighted by atomic mass is 16.1. The van der Waals surface area contributed by atoms with Crippen LogP contribution in [0.4, 0.5) is 0 Å². The van der Waals surface area contributed by atoms with Crippen LogP contribution in [0.2, 0.25) is 0 Å². The van der Waals surface area contributed by atoms with Crippen molar-refractivity contribution in [3.8, 4) is 0 Å². The molecule has 0 saturated heterocycles. The molecule has 4 aliphatic carbocycles. The summed E-state index contributed by atoms with van der Waals surface area (Å²) < 4.78 is 1.89. The van der Waals surface area contributed by atoms with Gasteiger partial charge in [-0.3, -0.25) is 9.48 Å². The van der Waals surface area contributed by atoms with E-state index < -0.39 is 0 Å². The van der Waals surface area contributed by atoms with E-state index in [-0.39, 0.29) is 5.91 Å². The van der Waals surface area contributed by atoms with Crippen molar-refractivity contribution >= 4 is 5.91 Å². The summed E-state index contributed by atoms with van der Waals surface area (Å²) >= 11 is 0. The number of carbonyl (C=O) groups is 1. The molecule has 4 bridgehead atoms. The van der Waals surface area contributed by atoms with Crippen LogP contribution in [-0.4, -0.2) is 22.2 Å². The van der Waals surface area contributed by atoms with E-state index in [4.69, 9.17) is 0 Å². The van der Waals surface area contributed by atoms with Gasteiger partial charge in [0.1, 0.15) is 0 Å². The molecule has 4 fully saturated rings. The summed E-state index contributed by atoms with van der Waals surface area (Å²) in [6, 6.07) is 0. The molecule has 0 radical (unpaired) electrons. The largest absolute Gasteiger partial charge is 0.351 e. The summed E-state index contributed by atoms with van der Waals surface area (Å²) in [5, 5.41) is 7.53. The maximum atomic E-state index is 12.5. The Bertz CT molecular complexity index is 554. The average molecular weight is 301 g/mol. The van der Waals surface area contributed by atoms with Crippen LogP contribution in [0.3, 0.4) is 0 Å². The fourth-order valence-corrected chi connectivity index (χ4v) is 5.86. The van der Waals surface area contributed by atoms with Gasteiger partial charge in [0.05, 0.1) is 11.8 Å². The Hall–Kier alpha value is -1.32. The van der Waals surface area contributed by atoms with Crippen molar-refractivity contribution in [3.05, 3.63) is 17.5 Å². The fraction of sp³-hybridized carbons (Fsp3) is 0.778. The van der Waals surface area contributed by atoms with Gasteiger partial charge in [0, 0.05) is 18.8 Å². The number of amides is 1. The molecule has 1 aromatic rings. The molecule has 4 nitrogen and oxygen atoms in total. The van der Waals surface area contributed by atoms with Crippen molar-refractivity contribution in [3.63, 3.8) is 0 Å². The molecule has 0 unspecified atom stereocenters. The number of carbonyl (C=O) groups excluding carboxylic acids is 1. The van der Waals surface area contributed by atoms with E-state index in [9.17, 15) is 4.79 Å². The molecule has 1 aromatic heterocycles. The van der Waals surface area contributed by atoms with Crippen LogP contribution in [0.25, 0.3) is 0 Å². The lowest BCUT2D eigenvalue weighted by Gasteiger charge is -2.56. The van der Waals surface area contributed by atoms with Gasteiger partial charge in [-0.05, 0) is 75.5 Å². The first-order chi connectivity index (χ1) is 10.6. The molecule has 0 aromatic carbocycles. The predicted molar refractivity (Wildman–Crippen MR) is 85.6 cm³/mol. The Kier molecular flexibility index (Phi) is 3.31. The second-order valence-corrected chi connectivity index (χ2v) is 8.06. The molecule has 0 aliphatic heterocycles. The number of aryl methyl sites for hydroxylation is 1. The molecule has 1 amide bonds. The molecular weight excluding hydrogens is 274 g/mol. The Morgan fingerprint density at radius 2 is 1.86 bits per heavy atom. The third kappa shape index (κ3) is 2.27. The molecule has 1 heterocycles. The molecule has 120 valence electrons. The summed E-state index contributed by atoms with van der Waals surface area (Å²) in [5.74, 6) is 2.88. The lowest BCUT2D eigenvalue weighted by Crippen LogP contribution is -2.51. The van der Waals surface area contributed by atoms with Crippen LogP contribution < -0.4 is 5.32 Å². The Balaban J connectivity index is 1.44. The van der Waals surface area contributed by atoms with Gasteiger partial charge in [-0.1, -0.05) is 0 Å². The first kappa shape index (κ1) is 14.3. The van der Waals surface area contributed by atoms with Gasteiger partial charge >= 0.3 is 0 Å². The lowest BCUT2D eigenvalue weighted by atomic mass is 9.49. The van der Waals surface area contributed by atoms with Crippen LogP contribution in [0.5, 0.6) is 0 Å². The minimum Gasteiger partial charge on any atom is -0.351 e. The maximum absolute atomic E-state index is 12.5. The van der Waals surface area contributed by atoms with Crippen LogP contribution in [0, 0.1) is 30.1 Å². The molecule has 22 heavy (non-hydrogen) atoms. The van der Waals surface area contributed by atoms with Gasteiger partial charge in [-0.25, -0.2) is 0 Å². The first-order valence-electron chi connectivity index (χ1n) is 8.89. The van der Waals surface area contributed by atoms with E-state index in [0.29, 0.717) is 5.41 Å². The monoisotopic (exact) mass is 301 g/mol. The number of nitrogens with one attached hydrogen (secondary N) is 1. The smallest absolute Gasteiger partial charge is 0.254 e. The fourth-order valence-electron chi connectivity index (χ4n) is 5.86. The highest BCUT2D eigenvalue weighted by molar-refractivity contribution is 5.95. The van der Waals surface area contributed by atoms with Crippen molar-refractivity contribution < 1.29 is 4.79 Å². The zero-order valence-corrected chi connectivity index (χ0v) is 13.8. The highest BCUT2D eigenvalue weighted by Crippen LogP contribution is 2.59. The minimum absolute atomic E-state index is 0.0629. The quantitative estimate of drug-likeness (QED) is 0.928. The summed E-state index contributed by atoms with van der Waals surface area (Å²) in [5.41, 5.74) is 2.12. The highest BCUT2D eigenvalue weighted by Gasteiger charge is 2.50. The number of rotatable bonds is 4. The minimum atomic E-state index is 0.0629. The predicted octanol–water partition coefficient (Wildman–Crippen LogP) is 3.16. The number of aromatic nitrogens is 2. The molecule has 4 heteroatoms. The van der Waals surface area contributed by atoms with Crippen molar-refractivity contribution in [1.82, 2.24) is 15.1 Å². The van der Waals surface area contributed by atoms with Gasteiger partial charge in [-0.15, -0.1) is 0 Å². The Morgan fingerprint density at radius 1 is 1.27 bits per heavy atom. The molecule has 0 spiro atoms. The average Bonchev–Trinajstić information content (AvgIpc) is 2.84. The third-order valence-electron chi connectivity index (χ3n) is 6.44. The van der Waals surface area contributed by atoms with Crippen LogP contribution in [0.15, 0.2) is 6.20 Å². The summed E-state index contributed by atoms with van der Waals surface area (Å²) in [4.78, 5) is 12.5. The van der Waals surface area contributed by atoms with Crippen LogP contribution in [-0.2, 0) is 6.54 Å². The third-order valence-corrected chi connectivity index (χ3v) is 6.44. The van der Waals surface area contributed by atoms with Crippen molar-refractivity contribution in [2.24, 2.45) is 23.2 Å². The molecule has 0 atom stereocenters. The van der Waals surface area contributed by atoms with E-state index in [1.807, 2.05) is 11.6 Å². The summed E-state index contributed by atoms with van der Waals surface area (Å²) in [6.07, 6.45) is 10.1. The molecule has 5 rings (SSSR count). The van der Waals surface area contributed by atoms with Crippen molar-refractivity contribution in [1.29, 1.82) is 0 Å². The van der Waals surface area contributed by atoms with Crippen molar-refractivity contribution in [2.75, 3.05) is 6.54 Å². The van der Waals surface area contributed by atoms with Crippen LogP contribution >= 0.6 is 0 Å². The van der Waals surface area contributed by atoms with E-state index in [1.54, 1.807) is 6.20 Å². The van der Waals surface area contributed by atoms with E-state index >= 15 is 0 Å². The molecular formula is C18H27N3O. The normalized spacial score (nSPS) is 35.8. The summed E-state index contributed by atoms with van der Waals surface area (Å²) in [6.45, 7) is 5.72. The second kappa shape index (κ2) is 5.10. The zero-order chi connectivity index (χ0) is 15.3. The van der Waals surface area contributed by atoms with E-state index in [2.05, 4.69) is 17.3 Å². The van der Waals surface area contributed by atoms with E-state index in [0.717, 1.165) is 42.1 Å². The van der Waals surface area contributed by atoms with Gasteiger partial charge in [-0.2, -0.15) is 5.10 Å². The number of hydrogen-bond acceptors (Lipinski definition) is 2. The Morgan fingerprint density at radius 3 is 2.36 bits per heavy atom. The first-order valence-corrected chi connectivity index (χ1v) is 8.89. The zero-order valence-electron chi connectivity index (χ0n) is 13.8. The maximum Gasteiger partial charge on any atom is 0.254 e. The molecule has 4 saturated carbocycles. The SMILES string of the molecule is CCn1ncc(C(=O)NCC23CC4CC(CC(C4)C2)C3)c1C. The molecule has 1 N–H and O–H groups in total. The van der Waals surface area contributed by atoms with Gasteiger partial charge in [0.15, 0.2) is 0 Å². The van der Waals surface area contributed by atoms with Crippen LogP contribution in [0.1, 0.15) is 61.5 Å². The number of hydrogen-bond donors (Lipinski definition) is 1. The van der Waals surface area contributed by atoms with Gasteiger partial charge < -0.3 is 5.32 Å². The van der Waals surface area contributed by atoms with Gasteiger partial charge in [0.2, 0.25) is 0 Å². The lowest BCUT2D eigenvalue weighted by molar-refractivity contribution is -0.0503. The topological polar surface area (TPSA) is 46.9 Å².